The first kappa shape index (κ1) is 16.7. The average molecular weight is 377 g/mol. The second-order valence-corrected chi connectivity index (χ2v) is 8.16. The molecule has 5 nitrogen and oxygen atoms in total. The fraction of sp³-hybridized carbons (Fsp3) is 0.571. The fourth-order valence-corrected chi connectivity index (χ4v) is 5.09. The van der Waals surface area contributed by atoms with Crippen LogP contribution in [-0.4, -0.2) is 39.5 Å². The second-order valence-electron chi connectivity index (χ2n) is 5.31. The maximum absolute atomic E-state index is 12.8. The Bertz CT molecular complexity index is 606. The standard InChI is InChI=1S/C14H21BrN2O3S/c1-17(13-5-3-4-10(13)9-16)21(18,19)11-6-7-14(20-2)12(15)8-11/h6-8,10,13H,3-5,9,16H2,1-2H3. The largest absolute Gasteiger partial charge is 0.496 e. The molecule has 0 heterocycles. The Morgan fingerprint density at radius 2 is 2.14 bits per heavy atom. The Kier molecular flexibility index (Phi) is 5.29. The molecule has 0 bridgehead atoms. The molecule has 21 heavy (non-hydrogen) atoms. The van der Waals surface area contributed by atoms with Gasteiger partial charge in [0.1, 0.15) is 5.75 Å². The van der Waals surface area contributed by atoms with Crippen molar-refractivity contribution in [2.45, 2.75) is 30.2 Å². The van der Waals surface area contributed by atoms with Gasteiger partial charge in [-0.25, -0.2) is 8.42 Å². The van der Waals surface area contributed by atoms with Gasteiger partial charge in [-0.2, -0.15) is 4.31 Å². The molecular formula is C14H21BrN2O3S. The van der Waals surface area contributed by atoms with Crippen molar-refractivity contribution in [2.75, 3.05) is 20.7 Å². The Balaban J connectivity index is 2.31. The smallest absolute Gasteiger partial charge is 0.243 e. The minimum Gasteiger partial charge on any atom is -0.496 e. The van der Waals surface area contributed by atoms with Gasteiger partial charge in [0.2, 0.25) is 10.0 Å². The van der Waals surface area contributed by atoms with E-state index < -0.39 is 10.0 Å². The van der Waals surface area contributed by atoms with Crippen LogP contribution in [-0.2, 0) is 10.0 Å². The van der Waals surface area contributed by atoms with Crippen molar-refractivity contribution in [2.24, 2.45) is 11.7 Å². The van der Waals surface area contributed by atoms with Gasteiger partial charge in [0.15, 0.2) is 0 Å². The van der Waals surface area contributed by atoms with Gasteiger partial charge in [-0.15, -0.1) is 0 Å². The van der Waals surface area contributed by atoms with E-state index in [1.165, 1.54) is 4.31 Å². The minimum absolute atomic E-state index is 0.0131. The molecule has 2 atom stereocenters. The van der Waals surface area contributed by atoms with Gasteiger partial charge in [-0.1, -0.05) is 6.42 Å². The molecule has 0 spiro atoms. The van der Waals surface area contributed by atoms with E-state index in [2.05, 4.69) is 15.9 Å². The zero-order valence-electron chi connectivity index (χ0n) is 12.3. The number of rotatable bonds is 5. The third kappa shape index (κ3) is 3.26. The van der Waals surface area contributed by atoms with E-state index in [9.17, 15) is 8.42 Å². The van der Waals surface area contributed by atoms with Crippen LogP contribution in [0.2, 0.25) is 0 Å². The van der Waals surface area contributed by atoms with Gasteiger partial charge < -0.3 is 10.5 Å². The maximum atomic E-state index is 12.8. The molecule has 2 unspecified atom stereocenters. The molecule has 7 heteroatoms. The first-order valence-electron chi connectivity index (χ1n) is 6.93. The summed E-state index contributed by atoms with van der Waals surface area (Å²) in [6, 6.07) is 4.79. The lowest BCUT2D eigenvalue weighted by Gasteiger charge is -2.28. The molecule has 118 valence electrons. The summed E-state index contributed by atoms with van der Waals surface area (Å²) in [5.41, 5.74) is 5.76. The maximum Gasteiger partial charge on any atom is 0.243 e. The molecule has 1 aromatic carbocycles. The highest BCUT2D eigenvalue weighted by molar-refractivity contribution is 9.10. The van der Waals surface area contributed by atoms with E-state index in [4.69, 9.17) is 10.5 Å². The zero-order valence-corrected chi connectivity index (χ0v) is 14.7. The molecule has 2 N–H and O–H groups in total. The molecule has 1 aromatic rings. The molecule has 0 radical (unpaired) electrons. The van der Waals surface area contributed by atoms with Crippen LogP contribution in [0.25, 0.3) is 0 Å². The quantitative estimate of drug-likeness (QED) is 0.854. The number of hydrogen-bond acceptors (Lipinski definition) is 4. The van der Waals surface area contributed by atoms with Gasteiger partial charge >= 0.3 is 0 Å². The van der Waals surface area contributed by atoms with Crippen molar-refractivity contribution >= 4 is 26.0 Å². The predicted octanol–water partition coefficient (Wildman–Crippen LogP) is 2.21. The van der Waals surface area contributed by atoms with Crippen molar-refractivity contribution in [3.63, 3.8) is 0 Å². The number of nitrogens with zero attached hydrogens (tertiary/aromatic N) is 1. The first-order valence-corrected chi connectivity index (χ1v) is 9.16. The van der Waals surface area contributed by atoms with Crippen LogP contribution < -0.4 is 10.5 Å². The lowest BCUT2D eigenvalue weighted by Crippen LogP contribution is -2.41. The van der Waals surface area contributed by atoms with Crippen LogP contribution >= 0.6 is 15.9 Å². The van der Waals surface area contributed by atoms with Gasteiger partial charge in [0.05, 0.1) is 16.5 Å². The number of ether oxygens (including phenoxy) is 1. The molecule has 1 fully saturated rings. The van der Waals surface area contributed by atoms with Gasteiger partial charge in [0.25, 0.3) is 0 Å². The van der Waals surface area contributed by atoms with Crippen LogP contribution in [0.3, 0.4) is 0 Å². The predicted molar refractivity (Wildman–Crippen MR) is 85.8 cm³/mol. The number of hydrogen-bond donors (Lipinski definition) is 1. The third-order valence-corrected chi connectivity index (χ3v) is 6.69. The Morgan fingerprint density at radius 3 is 2.71 bits per heavy atom. The van der Waals surface area contributed by atoms with Crippen LogP contribution in [0, 0.1) is 5.92 Å². The fourth-order valence-electron chi connectivity index (χ4n) is 2.92. The van der Waals surface area contributed by atoms with Crippen molar-refractivity contribution in [1.82, 2.24) is 4.31 Å². The number of halogens is 1. The van der Waals surface area contributed by atoms with E-state index >= 15 is 0 Å². The normalized spacial score (nSPS) is 22.7. The minimum atomic E-state index is -3.52. The summed E-state index contributed by atoms with van der Waals surface area (Å²) in [4.78, 5) is 0.264. The number of nitrogens with two attached hydrogens (primary N) is 1. The molecule has 0 aromatic heterocycles. The summed E-state index contributed by atoms with van der Waals surface area (Å²) in [7, 11) is -0.329. The Morgan fingerprint density at radius 1 is 1.43 bits per heavy atom. The third-order valence-electron chi connectivity index (χ3n) is 4.19. The highest BCUT2D eigenvalue weighted by Crippen LogP contribution is 2.33. The van der Waals surface area contributed by atoms with Gasteiger partial charge in [0, 0.05) is 13.1 Å². The lowest BCUT2D eigenvalue weighted by atomic mass is 10.0. The molecule has 1 aliphatic carbocycles. The molecule has 1 saturated carbocycles. The van der Waals surface area contributed by atoms with Gasteiger partial charge in [-0.3, -0.25) is 0 Å². The molecule has 0 saturated heterocycles. The summed E-state index contributed by atoms with van der Waals surface area (Å²) in [5.74, 6) is 0.851. The second kappa shape index (κ2) is 6.64. The first-order chi connectivity index (χ1) is 9.91. The van der Waals surface area contributed by atoms with Crippen LogP contribution in [0.15, 0.2) is 27.6 Å². The number of benzene rings is 1. The van der Waals surface area contributed by atoms with Crippen molar-refractivity contribution in [3.05, 3.63) is 22.7 Å². The molecular weight excluding hydrogens is 356 g/mol. The summed E-state index contributed by atoms with van der Waals surface area (Å²) in [6.45, 7) is 0.525. The Labute approximate surface area is 134 Å². The highest BCUT2D eigenvalue weighted by atomic mass is 79.9. The lowest BCUT2D eigenvalue weighted by molar-refractivity contribution is 0.304. The van der Waals surface area contributed by atoms with E-state index in [-0.39, 0.29) is 16.9 Å². The monoisotopic (exact) mass is 376 g/mol. The number of sulfonamides is 1. The average Bonchev–Trinajstić information content (AvgIpc) is 2.94. The van der Waals surface area contributed by atoms with Crippen molar-refractivity contribution < 1.29 is 13.2 Å². The van der Waals surface area contributed by atoms with Crippen LogP contribution in [0.5, 0.6) is 5.75 Å². The van der Waals surface area contributed by atoms with Crippen molar-refractivity contribution in [1.29, 1.82) is 0 Å². The SMILES string of the molecule is COc1ccc(S(=O)(=O)N(C)C2CCCC2CN)cc1Br. The van der Waals surface area contributed by atoms with E-state index in [0.717, 1.165) is 19.3 Å². The molecule has 0 aliphatic heterocycles. The molecule has 0 amide bonds. The molecule has 2 rings (SSSR count). The van der Waals surface area contributed by atoms with E-state index in [1.807, 2.05) is 0 Å². The van der Waals surface area contributed by atoms with Crippen LogP contribution in [0.1, 0.15) is 19.3 Å². The van der Waals surface area contributed by atoms with Crippen molar-refractivity contribution in [3.8, 4) is 5.75 Å². The summed E-state index contributed by atoms with van der Waals surface area (Å²) in [6.07, 6.45) is 2.89. The highest BCUT2D eigenvalue weighted by Gasteiger charge is 2.36. The Hall–Kier alpha value is -0.630. The van der Waals surface area contributed by atoms with E-state index in [0.29, 0.717) is 16.8 Å². The zero-order chi connectivity index (χ0) is 15.6. The summed E-state index contributed by atoms with van der Waals surface area (Å²) < 4.78 is 32.8. The number of methoxy groups -OCH3 is 1. The molecule has 1 aliphatic rings. The van der Waals surface area contributed by atoms with Crippen LogP contribution in [0.4, 0.5) is 0 Å². The van der Waals surface area contributed by atoms with Gasteiger partial charge in [-0.05, 0) is 59.4 Å². The summed E-state index contributed by atoms with van der Waals surface area (Å²) in [5, 5.41) is 0. The summed E-state index contributed by atoms with van der Waals surface area (Å²) >= 11 is 3.33. The topological polar surface area (TPSA) is 72.6 Å². The van der Waals surface area contributed by atoms with E-state index in [1.54, 1.807) is 32.4 Å².